The molecule has 4 aromatic heterocycles. The molecule has 8 bridgehead atoms. The number of nitrogens with zero attached hydrogens (tertiary/aromatic N) is 12. The Kier molecular flexibility index (Phi) is 19.1. The van der Waals surface area contributed by atoms with Crippen molar-refractivity contribution in [1.29, 1.82) is 0 Å². The number of benzene rings is 4. The minimum atomic E-state index is -1.86. The van der Waals surface area contributed by atoms with E-state index in [1.807, 2.05) is 0 Å². The van der Waals surface area contributed by atoms with Gasteiger partial charge in [0.25, 0.3) is 94.3 Å². The molecular formula is C68H40N12Na4O24. The molecule has 0 saturated carbocycles. The van der Waals surface area contributed by atoms with Gasteiger partial charge < -0.3 is 77.5 Å². The van der Waals surface area contributed by atoms with Crippen molar-refractivity contribution < 1.29 is 234 Å². The van der Waals surface area contributed by atoms with Gasteiger partial charge in [-0.05, 0) is 52.0 Å². The number of rotatable bonds is 8. The molecule has 8 aliphatic heterocycles. The van der Waals surface area contributed by atoms with Crippen molar-refractivity contribution in [1.82, 2.24) is 59.5 Å². The first-order valence-corrected chi connectivity index (χ1v) is 31.6. The predicted molar refractivity (Wildman–Crippen MR) is 324 cm³/mol. The van der Waals surface area contributed by atoms with Gasteiger partial charge in [-0.25, -0.2) is 39.9 Å². The maximum atomic E-state index is 14.2. The number of fused-ring (bicyclic) bond motifs is 8. The number of hydrogen-bond acceptors (Lipinski definition) is 32. The molecule has 4 atom stereocenters. The van der Waals surface area contributed by atoms with Gasteiger partial charge in [0.1, 0.15) is 46.0 Å². The number of aliphatic carboxylic acids is 4. The molecule has 0 unspecified atom stereocenters. The van der Waals surface area contributed by atoms with E-state index >= 15 is 0 Å². The van der Waals surface area contributed by atoms with Gasteiger partial charge in [-0.3, -0.25) is 58.0 Å². The summed E-state index contributed by atoms with van der Waals surface area (Å²) in [6.45, 7) is 11.0. The summed E-state index contributed by atoms with van der Waals surface area (Å²) in [5.74, 6) is -27.2. The third-order valence-corrected chi connectivity index (χ3v) is 19.6. The van der Waals surface area contributed by atoms with Crippen molar-refractivity contribution in [3.63, 3.8) is 0 Å². The fraction of sp³-hybridized carbons (Fsp3) is 0.235. The monoisotopic (exact) mass is 1500 g/mol. The van der Waals surface area contributed by atoms with Crippen molar-refractivity contribution in [2.75, 3.05) is 0 Å². The Labute approximate surface area is 692 Å². The third-order valence-electron chi connectivity index (χ3n) is 19.6. The van der Waals surface area contributed by atoms with Crippen molar-refractivity contribution in [2.45, 2.75) is 103 Å². The summed E-state index contributed by atoms with van der Waals surface area (Å²) in [5.41, 5.74) is -3.40. The molecule has 40 heteroatoms. The molecule has 36 nitrogen and oxygen atoms in total. The zero-order valence-corrected chi connectivity index (χ0v) is 66.4. The van der Waals surface area contributed by atoms with Crippen LogP contribution in [0.3, 0.4) is 0 Å². The van der Waals surface area contributed by atoms with E-state index in [-0.39, 0.29) is 209 Å². The largest absolute Gasteiger partial charge is 1.00 e. The van der Waals surface area contributed by atoms with Crippen LogP contribution in [-0.2, 0) is 19.2 Å². The summed E-state index contributed by atoms with van der Waals surface area (Å²) in [5, 5.41) is 49.1. The molecule has 0 saturated heterocycles. The predicted octanol–water partition coefficient (Wildman–Crippen LogP) is -9.69. The zero-order chi connectivity index (χ0) is 73.3. The summed E-state index contributed by atoms with van der Waals surface area (Å²) in [6.07, 6.45) is 0. The number of ether oxygens (including phenoxy) is 8. The molecule has 4 aromatic carbocycles. The van der Waals surface area contributed by atoms with Gasteiger partial charge in [0.05, 0.1) is 48.0 Å². The summed E-state index contributed by atoms with van der Waals surface area (Å²) in [7, 11) is 0. The van der Waals surface area contributed by atoms with Crippen LogP contribution in [0.25, 0.3) is 0 Å². The minimum absolute atomic E-state index is 0. The van der Waals surface area contributed by atoms with Gasteiger partial charge in [-0.15, -0.1) is 0 Å². The fourth-order valence-corrected chi connectivity index (χ4v) is 13.8. The van der Waals surface area contributed by atoms with Crippen LogP contribution in [-0.4, -0.2) is 155 Å². The van der Waals surface area contributed by atoms with E-state index in [1.165, 1.54) is 24.3 Å². The number of carbonyl (C=O) groups excluding carboxylic acids is 12. The molecule has 9 aliphatic rings. The molecular weight excluding hydrogens is 1460 g/mol. The number of imide groups is 4. The summed E-state index contributed by atoms with van der Waals surface area (Å²) >= 11 is 0. The third kappa shape index (κ3) is 11.2. The molecule has 8 amide bonds. The number of carboxylic acids is 4. The molecule has 8 aromatic rings. The van der Waals surface area contributed by atoms with E-state index in [0.29, 0.717) is 19.6 Å². The molecule has 12 heterocycles. The molecule has 0 spiro atoms. The number of carbonyl (C=O) groups is 12. The van der Waals surface area contributed by atoms with E-state index < -0.39 is 212 Å². The van der Waals surface area contributed by atoms with E-state index in [9.17, 15) is 78.0 Å². The standard InChI is InChI=1S/C68H44N12O24.4Na/c1-17-25-9-27-18(2)29-11-31-20(4)32-12-30-19(3)28-10-26(17)34-14-36(28)100-52-54(74-46-44(72-52)60(84)79(62(46)86)23(7)67(93)94)102-38(30)16-40(32)104-56-55(75-47-48(76-56)64(88)80(63(47)87)24(8)68(95)96)103-39(31)15-37(29)101-53-51(71-43-45(73-53)61(85)78(59(43)83)22(6)66(91)92)99-35(27)13-33(25)97-49-50(98-34)70-42-41(69-49)57(81)77(58(42)82)21(5)65(89)90;;;;/h9-24H,1-8H3,(H,89,90)(H,91,92)(H,93,94)(H,95,96);;;;/q;4*+1/p-4/t17?,18?,19?,20?,21-,22-,23-,24-;;;;/m0..../s1. The number of hydrogen-bond donors (Lipinski definition) is 0. The van der Waals surface area contributed by atoms with Gasteiger partial charge in [0, 0.05) is 92.4 Å². The molecule has 1 aliphatic carbocycles. The maximum Gasteiger partial charge on any atom is 1.00 e. The second-order valence-corrected chi connectivity index (χ2v) is 25.4. The Morgan fingerprint density at radius 1 is 0.269 bits per heavy atom. The van der Waals surface area contributed by atoms with E-state index in [2.05, 4.69) is 39.9 Å². The van der Waals surface area contributed by atoms with Gasteiger partial charge in [-0.1, -0.05) is 27.7 Å². The summed E-state index contributed by atoms with van der Waals surface area (Å²) in [4.78, 5) is 200. The van der Waals surface area contributed by atoms with Crippen LogP contribution in [0.5, 0.6) is 93.0 Å². The number of amides is 8. The minimum Gasteiger partial charge on any atom is -0.548 e. The van der Waals surface area contributed by atoms with Crippen molar-refractivity contribution >= 4 is 71.1 Å². The van der Waals surface area contributed by atoms with Crippen molar-refractivity contribution in [3.05, 3.63) is 139 Å². The van der Waals surface area contributed by atoms with Gasteiger partial charge in [0.2, 0.25) is 0 Å². The maximum absolute atomic E-state index is 14.2. The average Bonchev–Trinajstić information content (AvgIpc) is 1.53. The number of carboxylic acid groups (broad SMARTS) is 4. The van der Waals surface area contributed by atoms with Crippen LogP contribution in [0.15, 0.2) is 48.5 Å². The van der Waals surface area contributed by atoms with Crippen LogP contribution >= 0.6 is 0 Å². The van der Waals surface area contributed by atoms with E-state index in [1.54, 1.807) is 52.0 Å². The van der Waals surface area contributed by atoms with Crippen LogP contribution in [0.4, 0.5) is 0 Å². The van der Waals surface area contributed by atoms with Crippen LogP contribution < -0.4 is 177 Å². The molecule has 17 rings (SSSR count). The van der Waals surface area contributed by atoms with Gasteiger partial charge in [0.15, 0.2) is 45.6 Å². The normalized spacial score (nSPS) is 18.9. The van der Waals surface area contributed by atoms with Crippen LogP contribution in [0, 0.1) is 0 Å². The van der Waals surface area contributed by atoms with Gasteiger partial charge >= 0.3 is 118 Å². The Hall–Kier alpha value is -9.96. The Bertz CT molecular complexity index is 4680. The topological polar surface area (TPSA) is 487 Å². The fourth-order valence-electron chi connectivity index (χ4n) is 13.8. The Balaban J connectivity index is 0.00000257. The SMILES string of the molecule is CC1c2cc3c4cc2Oc2nc5c(nc2Oc2cc6c(cc21)C(C)c1cc2c(cc1Oc1nc7c(nc1O6)C(=O)N([C@@H](C)C(=O)[O-])C7=O)Oc1nc6c(nc1Oc1cc(c(cc1C2C)C3C)Oc1nc2c(nc1O4)C(=O)N([C@@H](C)C(=O)[O-])C2=O)C(=O)N([C@@H](C)C(=O)[O-])C6=O)C(=O)N([C@@H](C)C(=O)[O-])C5=O.[Na+].[Na+].[Na+].[Na+]. The van der Waals surface area contributed by atoms with Gasteiger partial charge in [-0.2, -0.15) is 0 Å². The van der Waals surface area contributed by atoms with Crippen molar-refractivity contribution in [2.24, 2.45) is 0 Å². The van der Waals surface area contributed by atoms with Crippen molar-refractivity contribution in [3.8, 4) is 93.0 Å². The first-order valence-electron chi connectivity index (χ1n) is 31.6. The molecule has 0 radical (unpaired) electrons. The Morgan fingerprint density at radius 2 is 0.389 bits per heavy atom. The summed E-state index contributed by atoms with van der Waals surface area (Å²) < 4.78 is 53.9. The van der Waals surface area contributed by atoms with E-state index in [4.69, 9.17) is 37.9 Å². The van der Waals surface area contributed by atoms with Crippen LogP contribution in [0.2, 0.25) is 0 Å². The molecule has 0 N–H and O–H groups in total. The average molecular weight is 1500 g/mol. The second-order valence-electron chi connectivity index (χ2n) is 25.4. The zero-order valence-electron chi connectivity index (χ0n) is 58.4. The molecule has 520 valence electrons. The molecule has 108 heavy (non-hydrogen) atoms. The first-order chi connectivity index (χ1) is 49.5. The first kappa shape index (κ1) is 76.2. The Morgan fingerprint density at radius 3 is 0.500 bits per heavy atom. The molecule has 0 fully saturated rings. The smallest absolute Gasteiger partial charge is 0.548 e. The van der Waals surface area contributed by atoms with Crippen LogP contribution in [0.1, 0.15) is 207 Å². The second kappa shape index (κ2) is 27.0. The summed E-state index contributed by atoms with van der Waals surface area (Å²) in [6, 6.07) is 4.63. The quantitative estimate of drug-likeness (QED) is 0.101. The number of aromatic nitrogens is 8. The van der Waals surface area contributed by atoms with E-state index in [0.717, 1.165) is 27.7 Å².